The van der Waals surface area contributed by atoms with Crippen LogP contribution in [0.2, 0.25) is 0 Å². The van der Waals surface area contributed by atoms with E-state index in [1.807, 2.05) is 6.92 Å². The minimum absolute atomic E-state index is 0.0497. The maximum Gasteiger partial charge on any atom is 0.416 e. The highest BCUT2D eigenvalue weighted by Gasteiger charge is 2.31. The Hall–Kier alpha value is -3.40. The van der Waals surface area contributed by atoms with E-state index in [1.165, 1.54) is 36.4 Å². The summed E-state index contributed by atoms with van der Waals surface area (Å²) in [7, 11) is -3.62. The van der Waals surface area contributed by atoms with Crippen molar-refractivity contribution in [3.8, 4) is 23.0 Å². The fraction of sp³-hybridized carbons (Fsp3) is 0.143. The van der Waals surface area contributed by atoms with Crippen molar-refractivity contribution in [2.24, 2.45) is 0 Å². The molecule has 0 unspecified atom stereocenters. The Morgan fingerprint density at radius 3 is 2.45 bits per heavy atom. The summed E-state index contributed by atoms with van der Waals surface area (Å²) in [6.07, 6.45) is -4.50. The highest BCUT2D eigenvalue weighted by atomic mass is 32.2. The number of hydrogen-bond acceptors (Lipinski definition) is 6. The molecule has 2 aromatic carbocycles. The van der Waals surface area contributed by atoms with E-state index in [0.29, 0.717) is 0 Å². The molecule has 2 aromatic heterocycles. The number of sulfone groups is 1. The first-order valence-electron chi connectivity index (χ1n) is 9.02. The minimum Gasteiger partial charge on any atom is -0.455 e. The van der Waals surface area contributed by atoms with Crippen LogP contribution >= 0.6 is 0 Å². The summed E-state index contributed by atoms with van der Waals surface area (Å²) in [5, 5.41) is 3.69. The molecule has 0 saturated heterocycles. The van der Waals surface area contributed by atoms with Crippen molar-refractivity contribution in [2.75, 3.05) is 0 Å². The molecule has 0 aliphatic rings. The van der Waals surface area contributed by atoms with Gasteiger partial charge in [-0.15, -0.1) is 0 Å². The number of benzene rings is 2. The van der Waals surface area contributed by atoms with Gasteiger partial charge in [-0.25, -0.2) is 8.42 Å². The van der Waals surface area contributed by atoms with E-state index in [4.69, 9.17) is 8.94 Å². The number of rotatable bonds is 5. The highest BCUT2D eigenvalue weighted by molar-refractivity contribution is 7.90. The Kier molecular flexibility index (Phi) is 5.18. The summed E-state index contributed by atoms with van der Waals surface area (Å²) < 4.78 is 74.4. The van der Waals surface area contributed by atoms with Crippen molar-refractivity contribution in [3.63, 3.8) is 0 Å². The monoisotopic (exact) mass is 448 g/mol. The van der Waals surface area contributed by atoms with Crippen LogP contribution in [0.15, 0.2) is 74.5 Å². The number of furan rings is 1. The largest absolute Gasteiger partial charge is 0.455 e. The zero-order valence-corrected chi connectivity index (χ0v) is 16.9. The van der Waals surface area contributed by atoms with Gasteiger partial charge in [-0.1, -0.05) is 35.0 Å². The van der Waals surface area contributed by atoms with Crippen molar-refractivity contribution in [3.05, 3.63) is 77.6 Å². The SMILES string of the molecule is Cc1ccc(S(=O)(=O)Cc2ccc(-c3nc(-c4cccc(C(F)(F)F)c4)no3)o2)cc1. The van der Waals surface area contributed by atoms with Crippen LogP contribution in [0, 0.1) is 6.92 Å². The van der Waals surface area contributed by atoms with E-state index in [1.54, 1.807) is 12.1 Å². The molecule has 160 valence electrons. The molecule has 4 rings (SSSR count). The Balaban J connectivity index is 1.55. The van der Waals surface area contributed by atoms with Crippen molar-refractivity contribution in [1.29, 1.82) is 0 Å². The Bertz CT molecular complexity index is 1320. The van der Waals surface area contributed by atoms with Crippen LogP contribution in [-0.4, -0.2) is 18.6 Å². The van der Waals surface area contributed by atoms with Crippen LogP contribution < -0.4 is 0 Å². The second kappa shape index (κ2) is 7.69. The molecule has 0 saturated carbocycles. The van der Waals surface area contributed by atoms with Gasteiger partial charge < -0.3 is 8.94 Å². The van der Waals surface area contributed by atoms with Gasteiger partial charge >= 0.3 is 6.18 Å². The molecule has 2 heterocycles. The Morgan fingerprint density at radius 1 is 1.00 bits per heavy atom. The van der Waals surface area contributed by atoms with E-state index in [9.17, 15) is 21.6 Å². The highest BCUT2D eigenvalue weighted by Crippen LogP contribution is 2.32. The summed E-state index contributed by atoms with van der Waals surface area (Å²) in [5.41, 5.74) is 0.226. The van der Waals surface area contributed by atoms with Gasteiger partial charge in [-0.05, 0) is 43.3 Å². The predicted octanol–water partition coefficient (Wildman–Crippen LogP) is 5.30. The van der Waals surface area contributed by atoms with E-state index < -0.39 is 21.6 Å². The summed E-state index contributed by atoms with van der Waals surface area (Å²) in [6, 6.07) is 13.9. The third kappa shape index (κ3) is 4.53. The van der Waals surface area contributed by atoms with Crippen LogP contribution in [0.5, 0.6) is 0 Å². The van der Waals surface area contributed by atoms with Crippen molar-refractivity contribution in [1.82, 2.24) is 10.1 Å². The lowest BCUT2D eigenvalue weighted by atomic mass is 10.1. The average Bonchev–Trinajstić information content (AvgIpc) is 3.37. The maximum absolute atomic E-state index is 12.9. The van der Waals surface area contributed by atoms with Gasteiger partial charge in [0.2, 0.25) is 5.82 Å². The second-order valence-corrected chi connectivity index (χ2v) is 8.83. The smallest absolute Gasteiger partial charge is 0.416 e. The lowest BCUT2D eigenvalue weighted by molar-refractivity contribution is -0.137. The molecule has 0 fully saturated rings. The molecule has 0 amide bonds. The summed E-state index contributed by atoms with van der Waals surface area (Å²) in [6.45, 7) is 1.85. The lowest BCUT2D eigenvalue weighted by Crippen LogP contribution is -2.04. The van der Waals surface area contributed by atoms with Crippen LogP contribution in [0.4, 0.5) is 13.2 Å². The molecule has 0 radical (unpaired) electrons. The van der Waals surface area contributed by atoms with Crippen molar-refractivity contribution < 1.29 is 30.5 Å². The molecule has 0 aliphatic heterocycles. The quantitative estimate of drug-likeness (QED) is 0.412. The fourth-order valence-corrected chi connectivity index (χ4v) is 4.11. The van der Waals surface area contributed by atoms with E-state index in [-0.39, 0.29) is 39.4 Å². The van der Waals surface area contributed by atoms with Crippen LogP contribution in [0.25, 0.3) is 23.0 Å². The van der Waals surface area contributed by atoms with E-state index in [0.717, 1.165) is 17.7 Å². The first-order valence-corrected chi connectivity index (χ1v) is 10.7. The average molecular weight is 448 g/mol. The molecular weight excluding hydrogens is 433 g/mol. The molecule has 0 bridgehead atoms. The van der Waals surface area contributed by atoms with E-state index >= 15 is 0 Å². The first kappa shape index (κ1) is 20.9. The normalized spacial score (nSPS) is 12.3. The zero-order valence-electron chi connectivity index (χ0n) is 16.1. The molecule has 0 atom stereocenters. The third-order valence-corrected chi connectivity index (χ3v) is 6.11. The van der Waals surface area contributed by atoms with Crippen LogP contribution in [-0.2, 0) is 21.8 Å². The lowest BCUT2D eigenvalue weighted by Gasteiger charge is -2.06. The third-order valence-electron chi connectivity index (χ3n) is 4.46. The standard InChI is InChI=1S/C21H15F3N2O4S/c1-13-5-8-17(9-6-13)31(27,28)12-16-7-10-18(29-16)20-25-19(26-30-20)14-3-2-4-15(11-14)21(22,23)24/h2-11H,12H2,1H3. The van der Waals surface area contributed by atoms with Gasteiger partial charge in [0.05, 0.1) is 10.5 Å². The van der Waals surface area contributed by atoms with Crippen molar-refractivity contribution in [2.45, 2.75) is 23.7 Å². The molecule has 0 spiro atoms. The van der Waals surface area contributed by atoms with E-state index in [2.05, 4.69) is 10.1 Å². The topological polar surface area (TPSA) is 86.2 Å². The van der Waals surface area contributed by atoms with Gasteiger partial charge in [0, 0.05) is 5.56 Å². The van der Waals surface area contributed by atoms with Crippen LogP contribution in [0.3, 0.4) is 0 Å². The molecule has 4 aromatic rings. The predicted molar refractivity (Wildman–Crippen MR) is 105 cm³/mol. The summed E-state index contributed by atoms with van der Waals surface area (Å²) in [5.74, 6) is -0.225. The second-order valence-electron chi connectivity index (χ2n) is 6.84. The Morgan fingerprint density at radius 2 is 1.74 bits per heavy atom. The molecule has 10 heteroatoms. The molecule has 0 N–H and O–H groups in total. The van der Waals surface area contributed by atoms with Gasteiger partial charge in [0.25, 0.3) is 5.89 Å². The minimum atomic E-state index is -4.50. The van der Waals surface area contributed by atoms with Gasteiger partial charge in [0.1, 0.15) is 11.5 Å². The Labute approximate surface area is 175 Å². The molecule has 6 nitrogen and oxygen atoms in total. The molecule has 0 aliphatic carbocycles. The molecular formula is C21H15F3N2O4S. The van der Waals surface area contributed by atoms with Gasteiger partial charge in [-0.3, -0.25) is 0 Å². The first-order chi connectivity index (χ1) is 14.6. The van der Waals surface area contributed by atoms with Crippen LogP contribution in [0.1, 0.15) is 16.9 Å². The number of aryl methyl sites for hydroxylation is 1. The summed E-state index contributed by atoms with van der Waals surface area (Å²) >= 11 is 0. The zero-order chi connectivity index (χ0) is 22.2. The maximum atomic E-state index is 12.9. The number of halogens is 3. The fourth-order valence-electron chi connectivity index (χ4n) is 2.86. The van der Waals surface area contributed by atoms with Gasteiger partial charge in [-0.2, -0.15) is 18.2 Å². The number of aromatic nitrogens is 2. The number of alkyl halides is 3. The van der Waals surface area contributed by atoms with Gasteiger partial charge in [0.15, 0.2) is 15.6 Å². The molecule has 31 heavy (non-hydrogen) atoms. The van der Waals surface area contributed by atoms with Crippen molar-refractivity contribution >= 4 is 9.84 Å². The number of hydrogen-bond donors (Lipinski definition) is 0. The summed E-state index contributed by atoms with van der Waals surface area (Å²) in [4.78, 5) is 4.23. The number of nitrogens with zero attached hydrogens (tertiary/aromatic N) is 2.